The third-order valence-corrected chi connectivity index (χ3v) is 3.18. The highest BCUT2D eigenvalue weighted by molar-refractivity contribution is 5.85. The van der Waals surface area contributed by atoms with Gasteiger partial charge in [0.25, 0.3) is 0 Å². The van der Waals surface area contributed by atoms with E-state index in [0.29, 0.717) is 6.04 Å². The second-order valence-electron chi connectivity index (χ2n) is 4.77. The zero-order valence-corrected chi connectivity index (χ0v) is 11.8. The molecular weight excluding hydrogens is 238 g/mol. The number of hydrogen-bond donors (Lipinski definition) is 2. The molecule has 1 atom stereocenters. The molecule has 3 N–H and O–H groups in total. The Labute approximate surface area is 111 Å². The summed E-state index contributed by atoms with van der Waals surface area (Å²) in [7, 11) is 0. The molecule has 1 aliphatic heterocycles. The minimum atomic E-state index is -0.391. The molecule has 1 heterocycles. The van der Waals surface area contributed by atoms with Crippen molar-refractivity contribution in [1.82, 2.24) is 10.2 Å². The van der Waals surface area contributed by atoms with Crippen LogP contribution in [-0.2, 0) is 4.79 Å². The minimum absolute atomic E-state index is 0. The minimum Gasteiger partial charge on any atom is -0.352 e. The summed E-state index contributed by atoms with van der Waals surface area (Å²) in [4.78, 5) is 13.9. The van der Waals surface area contributed by atoms with Gasteiger partial charge in [-0.25, -0.2) is 0 Å². The molecule has 1 rings (SSSR count). The van der Waals surface area contributed by atoms with Crippen LogP contribution in [0.15, 0.2) is 0 Å². The van der Waals surface area contributed by atoms with E-state index < -0.39 is 6.04 Å². The van der Waals surface area contributed by atoms with Crippen molar-refractivity contribution in [3.63, 3.8) is 0 Å². The summed E-state index contributed by atoms with van der Waals surface area (Å²) in [6.45, 7) is 7.35. The molecule has 0 saturated carbocycles. The molecule has 0 bridgehead atoms. The summed E-state index contributed by atoms with van der Waals surface area (Å²) in [5.41, 5.74) is 5.52. The van der Waals surface area contributed by atoms with Crippen molar-refractivity contribution in [1.29, 1.82) is 0 Å². The van der Waals surface area contributed by atoms with Crippen LogP contribution in [0.4, 0.5) is 0 Å². The standard InChI is InChI=1S/C12H25N3O.ClH/c1-3-4-7-15-8-5-11(6-9-15)14-12(16)10(2)13;/h10-11H,3-9,13H2,1-2H3,(H,14,16);1H. The number of rotatable bonds is 5. The average molecular weight is 264 g/mol. The number of nitrogens with one attached hydrogen (secondary N) is 1. The third kappa shape index (κ3) is 6.24. The number of nitrogens with two attached hydrogens (primary N) is 1. The highest BCUT2D eigenvalue weighted by Crippen LogP contribution is 2.11. The van der Waals surface area contributed by atoms with Gasteiger partial charge >= 0.3 is 0 Å². The molecule has 1 aliphatic rings. The highest BCUT2D eigenvalue weighted by atomic mass is 35.5. The molecule has 1 saturated heterocycles. The lowest BCUT2D eigenvalue weighted by atomic mass is 10.0. The van der Waals surface area contributed by atoms with E-state index in [4.69, 9.17) is 5.73 Å². The SMILES string of the molecule is CCCCN1CCC(NC(=O)C(C)N)CC1.Cl. The molecule has 5 heteroatoms. The highest BCUT2D eigenvalue weighted by Gasteiger charge is 2.20. The lowest BCUT2D eigenvalue weighted by molar-refractivity contribution is -0.123. The van der Waals surface area contributed by atoms with Crippen LogP contribution < -0.4 is 11.1 Å². The van der Waals surface area contributed by atoms with Crippen LogP contribution in [0.1, 0.15) is 39.5 Å². The molecule has 102 valence electrons. The number of carbonyl (C=O) groups is 1. The van der Waals surface area contributed by atoms with Crippen LogP contribution in [0.5, 0.6) is 0 Å². The van der Waals surface area contributed by atoms with Crippen molar-refractivity contribution in [3.8, 4) is 0 Å². The van der Waals surface area contributed by atoms with Crippen molar-refractivity contribution < 1.29 is 4.79 Å². The van der Waals surface area contributed by atoms with Crippen molar-refractivity contribution in [2.75, 3.05) is 19.6 Å². The molecule has 0 spiro atoms. The quantitative estimate of drug-likeness (QED) is 0.782. The fourth-order valence-electron chi connectivity index (χ4n) is 2.02. The van der Waals surface area contributed by atoms with E-state index in [-0.39, 0.29) is 18.3 Å². The van der Waals surface area contributed by atoms with E-state index in [2.05, 4.69) is 17.1 Å². The van der Waals surface area contributed by atoms with E-state index in [1.54, 1.807) is 6.92 Å². The first-order valence-electron chi connectivity index (χ1n) is 6.41. The second kappa shape index (κ2) is 8.72. The predicted octanol–water partition coefficient (Wildman–Crippen LogP) is 1.14. The Balaban J connectivity index is 0.00000256. The molecule has 1 amide bonds. The van der Waals surface area contributed by atoms with Gasteiger partial charge in [0, 0.05) is 19.1 Å². The number of nitrogens with zero attached hydrogens (tertiary/aromatic N) is 1. The molecule has 4 nitrogen and oxygen atoms in total. The second-order valence-corrected chi connectivity index (χ2v) is 4.77. The van der Waals surface area contributed by atoms with E-state index in [0.717, 1.165) is 25.9 Å². The van der Waals surface area contributed by atoms with Crippen molar-refractivity contribution in [3.05, 3.63) is 0 Å². The third-order valence-electron chi connectivity index (χ3n) is 3.18. The van der Waals surface area contributed by atoms with Gasteiger partial charge in [0.1, 0.15) is 0 Å². The Morgan fingerprint density at radius 2 is 2.06 bits per heavy atom. The van der Waals surface area contributed by atoms with Gasteiger partial charge in [0.15, 0.2) is 0 Å². The normalized spacial score (nSPS) is 19.5. The summed E-state index contributed by atoms with van der Waals surface area (Å²) in [5.74, 6) is -0.0213. The van der Waals surface area contributed by atoms with Gasteiger partial charge in [-0.15, -0.1) is 12.4 Å². The molecule has 0 aliphatic carbocycles. The van der Waals surface area contributed by atoms with Gasteiger partial charge in [-0.3, -0.25) is 4.79 Å². The van der Waals surface area contributed by atoms with Gasteiger partial charge in [0.2, 0.25) is 5.91 Å². The monoisotopic (exact) mass is 263 g/mol. The zero-order chi connectivity index (χ0) is 12.0. The Kier molecular flexibility index (Phi) is 8.56. The first kappa shape index (κ1) is 16.7. The average Bonchev–Trinajstić information content (AvgIpc) is 2.28. The van der Waals surface area contributed by atoms with Crippen LogP contribution in [0.3, 0.4) is 0 Å². The summed E-state index contributed by atoms with van der Waals surface area (Å²) in [6.07, 6.45) is 4.64. The maximum atomic E-state index is 11.4. The largest absolute Gasteiger partial charge is 0.352 e. The van der Waals surface area contributed by atoms with Gasteiger partial charge in [0.05, 0.1) is 6.04 Å². The van der Waals surface area contributed by atoms with Crippen LogP contribution in [0, 0.1) is 0 Å². The fourth-order valence-corrected chi connectivity index (χ4v) is 2.02. The lowest BCUT2D eigenvalue weighted by Crippen LogP contribution is -2.48. The number of piperidine rings is 1. The topological polar surface area (TPSA) is 58.4 Å². The molecule has 1 unspecified atom stereocenters. The molecule has 0 aromatic rings. The molecule has 0 radical (unpaired) electrons. The maximum Gasteiger partial charge on any atom is 0.236 e. The summed E-state index contributed by atoms with van der Waals surface area (Å²) in [5, 5.41) is 3.00. The van der Waals surface area contributed by atoms with Gasteiger partial charge in [-0.2, -0.15) is 0 Å². The van der Waals surface area contributed by atoms with Crippen molar-refractivity contribution in [2.45, 2.75) is 51.6 Å². The maximum absolute atomic E-state index is 11.4. The van der Waals surface area contributed by atoms with E-state index in [1.807, 2.05) is 0 Å². The molecule has 0 aromatic carbocycles. The lowest BCUT2D eigenvalue weighted by Gasteiger charge is -2.32. The number of carbonyl (C=O) groups excluding carboxylic acids is 1. The van der Waals surface area contributed by atoms with Crippen molar-refractivity contribution >= 4 is 18.3 Å². The van der Waals surface area contributed by atoms with Crippen LogP contribution >= 0.6 is 12.4 Å². The Hall–Kier alpha value is -0.320. The first-order chi connectivity index (χ1) is 7.63. The van der Waals surface area contributed by atoms with Crippen molar-refractivity contribution in [2.24, 2.45) is 5.73 Å². The Morgan fingerprint density at radius 3 is 2.53 bits per heavy atom. The predicted molar refractivity (Wildman–Crippen MR) is 73.4 cm³/mol. The van der Waals surface area contributed by atoms with Gasteiger partial charge < -0.3 is 16.0 Å². The van der Waals surface area contributed by atoms with E-state index in [1.165, 1.54) is 19.4 Å². The Bertz CT molecular complexity index is 216. The molecular formula is C12H26ClN3O. The zero-order valence-electron chi connectivity index (χ0n) is 10.9. The van der Waals surface area contributed by atoms with E-state index >= 15 is 0 Å². The van der Waals surface area contributed by atoms with Gasteiger partial charge in [-0.1, -0.05) is 13.3 Å². The Morgan fingerprint density at radius 1 is 1.47 bits per heavy atom. The molecule has 1 fully saturated rings. The molecule has 0 aromatic heterocycles. The number of amides is 1. The number of likely N-dealkylation sites (tertiary alicyclic amines) is 1. The van der Waals surface area contributed by atoms with Crippen LogP contribution in [0.2, 0.25) is 0 Å². The first-order valence-corrected chi connectivity index (χ1v) is 6.41. The smallest absolute Gasteiger partial charge is 0.236 e. The summed E-state index contributed by atoms with van der Waals surface area (Å²) < 4.78 is 0. The number of unbranched alkanes of at least 4 members (excludes halogenated alkanes) is 1. The van der Waals surface area contributed by atoms with Gasteiger partial charge in [-0.05, 0) is 32.7 Å². The van der Waals surface area contributed by atoms with Crippen LogP contribution in [0.25, 0.3) is 0 Å². The molecule has 17 heavy (non-hydrogen) atoms. The summed E-state index contributed by atoms with van der Waals surface area (Å²) >= 11 is 0. The van der Waals surface area contributed by atoms with E-state index in [9.17, 15) is 4.79 Å². The summed E-state index contributed by atoms with van der Waals surface area (Å²) in [6, 6.07) is -0.0607. The van der Waals surface area contributed by atoms with Crippen LogP contribution in [-0.4, -0.2) is 42.5 Å². The number of halogens is 1. The fraction of sp³-hybridized carbons (Fsp3) is 0.917. The number of hydrogen-bond acceptors (Lipinski definition) is 3.